The Bertz CT molecular complexity index is 644. The van der Waals surface area contributed by atoms with Crippen LogP contribution in [0.25, 0.3) is 0 Å². The fourth-order valence-corrected chi connectivity index (χ4v) is 3.15. The summed E-state index contributed by atoms with van der Waals surface area (Å²) in [6.07, 6.45) is 1.78. The minimum absolute atomic E-state index is 0.0176. The van der Waals surface area contributed by atoms with E-state index in [0.29, 0.717) is 0 Å². The number of hydrogen-bond donors (Lipinski definition) is 1. The summed E-state index contributed by atoms with van der Waals surface area (Å²) in [5.41, 5.74) is 2.97. The van der Waals surface area contributed by atoms with Crippen molar-refractivity contribution in [2.45, 2.75) is 18.9 Å². The Morgan fingerprint density at radius 3 is 2.85 bits per heavy atom. The van der Waals surface area contributed by atoms with Crippen molar-refractivity contribution in [3.63, 3.8) is 0 Å². The quantitative estimate of drug-likeness (QED) is 0.859. The summed E-state index contributed by atoms with van der Waals surface area (Å²) in [5, 5.41) is 3.42. The first-order valence-corrected chi connectivity index (χ1v) is 7.35. The molecule has 0 aliphatic carbocycles. The first-order valence-electron chi connectivity index (χ1n) is 6.56. The number of hydrogen-bond acceptors (Lipinski definition) is 2. The van der Waals surface area contributed by atoms with E-state index < -0.39 is 0 Å². The zero-order chi connectivity index (χ0) is 14.1. The monoisotopic (exact) mass is 335 g/mol. The van der Waals surface area contributed by atoms with Crippen LogP contribution in [0.3, 0.4) is 0 Å². The molecule has 0 aromatic heterocycles. The van der Waals surface area contributed by atoms with Crippen molar-refractivity contribution >= 4 is 21.6 Å². The van der Waals surface area contributed by atoms with E-state index in [2.05, 4.69) is 21.2 Å². The van der Waals surface area contributed by atoms with Crippen molar-refractivity contribution in [2.75, 3.05) is 12.4 Å². The average Bonchev–Trinajstić information content (AvgIpc) is 2.46. The van der Waals surface area contributed by atoms with Crippen molar-refractivity contribution < 1.29 is 9.13 Å². The molecule has 0 bridgehead atoms. The molecule has 0 spiro atoms. The summed E-state index contributed by atoms with van der Waals surface area (Å²) in [6.45, 7) is 0. The third kappa shape index (κ3) is 2.40. The second kappa shape index (κ2) is 5.44. The Hall–Kier alpha value is -1.55. The summed E-state index contributed by atoms with van der Waals surface area (Å²) in [5.74, 6) is 0.677. The largest absolute Gasteiger partial charge is 0.496 e. The van der Waals surface area contributed by atoms with E-state index >= 15 is 0 Å². The number of aryl methyl sites for hydroxylation is 1. The summed E-state index contributed by atoms with van der Waals surface area (Å²) in [6, 6.07) is 11.0. The van der Waals surface area contributed by atoms with Gasteiger partial charge in [-0.2, -0.15) is 0 Å². The maximum Gasteiger partial charge on any atom is 0.133 e. The van der Waals surface area contributed by atoms with Gasteiger partial charge >= 0.3 is 0 Å². The summed E-state index contributed by atoms with van der Waals surface area (Å²) < 4.78 is 20.1. The molecule has 2 aromatic rings. The Labute approximate surface area is 126 Å². The van der Waals surface area contributed by atoms with Gasteiger partial charge in [-0.05, 0) is 52.5 Å². The molecule has 1 unspecified atom stereocenters. The minimum atomic E-state index is -0.152. The minimum Gasteiger partial charge on any atom is -0.496 e. The molecule has 0 saturated carbocycles. The molecule has 1 atom stereocenters. The third-order valence-corrected chi connectivity index (χ3v) is 4.31. The molecule has 1 heterocycles. The van der Waals surface area contributed by atoms with E-state index in [-0.39, 0.29) is 11.9 Å². The molecule has 104 valence electrons. The van der Waals surface area contributed by atoms with Crippen LogP contribution in [0, 0.1) is 5.82 Å². The van der Waals surface area contributed by atoms with E-state index in [0.717, 1.165) is 34.3 Å². The second-order valence-electron chi connectivity index (χ2n) is 4.90. The standard InChI is InChI=1S/C16H15BrFNO/c1-20-16-8-10-6-7-14(19-15(10)9-12(16)17)11-4-2-3-5-13(11)18/h2-5,8-9,14,19H,6-7H2,1H3. The number of nitrogens with one attached hydrogen (secondary N) is 1. The molecule has 1 aliphatic rings. The first kappa shape index (κ1) is 13.4. The molecule has 2 nitrogen and oxygen atoms in total. The van der Waals surface area contributed by atoms with Crippen LogP contribution in [-0.2, 0) is 6.42 Å². The maximum absolute atomic E-state index is 13.9. The molecule has 4 heteroatoms. The van der Waals surface area contributed by atoms with Gasteiger partial charge in [0.15, 0.2) is 0 Å². The van der Waals surface area contributed by atoms with Gasteiger partial charge in [0.05, 0.1) is 17.6 Å². The van der Waals surface area contributed by atoms with Crippen LogP contribution in [0.2, 0.25) is 0 Å². The van der Waals surface area contributed by atoms with Crippen molar-refractivity contribution in [2.24, 2.45) is 0 Å². The number of fused-ring (bicyclic) bond motifs is 1. The normalized spacial score (nSPS) is 17.2. The van der Waals surface area contributed by atoms with Crippen molar-refractivity contribution in [3.05, 3.63) is 57.8 Å². The van der Waals surface area contributed by atoms with Crippen LogP contribution in [0.1, 0.15) is 23.6 Å². The van der Waals surface area contributed by atoms with Gasteiger partial charge in [-0.1, -0.05) is 18.2 Å². The van der Waals surface area contributed by atoms with Crippen LogP contribution >= 0.6 is 15.9 Å². The predicted octanol–water partition coefficient (Wildman–Crippen LogP) is 4.70. The highest BCUT2D eigenvalue weighted by Crippen LogP contribution is 2.38. The maximum atomic E-state index is 13.9. The number of halogens is 2. The molecule has 3 rings (SSSR count). The van der Waals surface area contributed by atoms with Crippen molar-refractivity contribution in [1.29, 1.82) is 0 Å². The van der Waals surface area contributed by atoms with Crippen LogP contribution in [0.15, 0.2) is 40.9 Å². The molecular formula is C16H15BrFNO. The highest BCUT2D eigenvalue weighted by Gasteiger charge is 2.22. The Morgan fingerprint density at radius 2 is 2.10 bits per heavy atom. The molecule has 1 aliphatic heterocycles. The number of benzene rings is 2. The van der Waals surface area contributed by atoms with Crippen LogP contribution in [-0.4, -0.2) is 7.11 Å². The predicted molar refractivity (Wildman–Crippen MR) is 81.8 cm³/mol. The van der Waals surface area contributed by atoms with E-state index in [1.54, 1.807) is 13.2 Å². The fourth-order valence-electron chi connectivity index (χ4n) is 2.64. The molecule has 1 N–H and O–H groups in total. The average molecular weight is 336 g/mol. The van der Waals surface area contributed by atoms with Crippen LogP contribution in [0.5, 0.6) is 5.75 Å². The van der Waals surface area contributed by atoms with Gasteiger partial charge in [-0.3, -0.25) is 0 Å². The van der Waals surface area contributed by atoms with Crippen LogP contribution in [0.4, 0.5) is 10.1 Å². The van der Waals surface area contributed by atoms with Gasteiger partial charge < -0.3 is 10.1 Å². The lowest BCUT2D eigenvalue weighted by Crippen LogP contribution is -2.19. The molecular weight excluding hydrogens is 321 g/mol. The van der Waals surface area contributed by atoms with Gasteiger partial charge in [0.25, 0.3) is 0 Å². The third-order valence-electron chi connectivity index (χ3n) is 3.69. The van der Waals surface area contributed by atoms with Gasteiger partial charge in [0.2, 0.25) is 0 Å². The summed E-state index contributed by atoms with van der Waals surface area (Å²) >= 11 is 3.49. The van der Waals surface area contributed by atoms with Gasteiger partial charge in [0, 0.05) is 11.3 Å². The van der Waals surface area contributed by atoms with E-state index in [9.17, 15) is 4.39 Å². The van der Waals surface area contributed by atoms with E-state index in [1.807, 2.05) is 24.3 Å². The highest BCUT2D eigenvalue weighted by molar-refractivity contribution is 9.10. The lowest BCUT2D eigenvalue weighted by Gasteiger charge is -2.28. The highest BCUT2D eigenvalue weighted by atomic mass is 79.9. The summed E-state index contributed by atoms with van der Waals surface area (Å²) in [7, 11) is 1.66. The Kier molecular flexibility index (Phi) is 3.66. The fraction of sp³-hybridized carbons (Fsp3) is 0.250. The number of methoxy groups -OCH3 is 1. The molecule has 0 saturated heterocycles. The van der Waals surface area contributed by atoms with Crippen molar-refractivity contribution in [3.8, 4) is 5.75 Å². The molecule has 0 fully saturated rings. The summed E-state index contributed by atoms with van der Waals surface area (Å²) in [4.78, 5) is 0. The van der Waals surface area contributed by atoms with Gasteiger partial charge in [-0.25, -0.2) is 4.39 Å². The van der Waals surface area contributed by atoms with Gasteiger partial charge in [-0.15, -0.1) is 0 Å². The number of anilines is 1. The Morgan fingerprint density at radius 1 is 1.30 bits per heavy atom. The van der Waals surface area contributed by atoms with Crippen LogP contribution < -0.4 is 10.1 Å². The smallest absolute Gasteiger partial charge is 0.133 e. The molecule has 0 amide bonds. The molecule has 0 radical (unpaired) electrons. The lowest BCUT2D eigenvalue weighted by molar-refractivity contribution is 0.411. The number of ether oxygens (including phenoxy) is 1. The Balaban J connectivity index is 1.93. The molecule has 20 heavy (non-hydrogen) atoms. The zero-order valence-corrected chi connectivity index (χ0v) is 12.7. The topological polar surface area (TPSA) is 21.3 Å². The van der Waals surface area contributed by atoms with E-state index in [4.69, 9.17) is 4.74 Å². The van der Waals surface area contributed by atoms with Gasteiger partial charge in [0.1, 0.15) is 11.6 Å². The second-order valence-corrected chi connectivity index (χ2v) is 5.76. The van der Waals surface area contributed by atoms with E-state index in [1.165, 1.54) is 11.6 Å². The lowest BCUT2D eigenvalue weighted by atomic mass is 9.93. The number of rotatable bonds is 2. The zero-order valence-electron chi connectivity index (χ0n) is 11.1. The SMILES string of the molecule is COc1cc2c(cc1Br)NC(c1ccccc1F)CC2. The molecule has 2 aromatic carbocycles. The van der Waals surface area contributed by atoms with Crippen molar-refractivity contribution in [1.82, 2.24) is 0 Å². The first-order chi connectivity index (χ1) is 9.69.